The van der Waals surface area contributed by atoms with Crippen molar-refractivity contribution in [3.8, 4) is 11.3 Å². The molecule has 2 aromatic carbocycles. The van der Waals surface area contributed by atoms with Crippen LogP contribution in [0.3, 0.4) is 0 Å². The molecule has 0 aliphatic carbocycles. The van der Waals surface area contributed by atoms with Gasteiger partial charge in [-0.05, 0) is 60.8 Å². The lowest BCUT2D eigenvalue weighted by Crippen LogP contribution is -2.32. The monoisotopic (exact) mass is 467 g/mol. The normalized spacial score (nSPS) is 11.0. The number of anilines is 1. The van der Waals surface area contributed by atoms with Gasteiger partial charge in [-0.2, -0.15) is 0 Å². The van der Waals surface area contributed by atoms with Crippen LogP contribution in [-0.2, 0) is 4.79 Å². The molecule has 8 heteroatoms. The van der Waals surface area contributed by atoms with Crippen LogP contribution >= 0.6 is 35.4 Å². The molecule has 2 heterocycles. The number of aromatic nitrogens is 1. The Labute approximate surface area is 193 Å². The van der Waals surface area contributed by atoms with E-state index in [4.69, 9.17) is 39.8 Å². The van der Waals surface area contributed by atoms with Crippen LogP contribution in [0, 0.1) is 0 Å². The molecule has 0 spiro atoms. The van der Waals surface area contributed by atoms with Gasteiger partial charge in [0.1, 0.15) is 11.5 Å². The topological polar surface area (TPSA) is 67.2 Å². The van der Waals surface area contributed by atoms with Gasteiger partial charge in [-0.1, -0.05) is 41.4 Å². The fourth-order valence-corrected chi connectivity index (χ4v) is 3.66. The molecule has 31 heavy (non-hydrogen) atoms. The third-order valence-electron chi connectivity index (χ3n) is 4.34. The van der Waals surface area contributed by atoms with Crippen molar-refractivity contribution in [3.63, 3.8) is 0 Å². The maximum Gasteiger partial charge on any atom is 0.250 e. The van der Waals surface area contributed by atoms with Crippen LogP contribution in [0.5, 0.6) is 0 Å². The van der Waals surface area contributed by atoms with Crippen molar-refractivity contribution < 1.29 is 9.21 Å². The summed E-state index contributed by atoms with van der Waals surface area (Å²) in [4.78, 5) is 16.6. The summed E-state index contributed by atoms with van der Waals surface area (Å²) < 4.78 is 5.74. The van der Waals surface area contributed by atoms with Crippen LogP contribution in [0.4, 0.5) is 5.69 Å². The summed E-state index contributed by atoms with van der Waals surface area (Å²) >= 11 is 17.4. The first-order valence-corrected chi connectivity index (χ1v) is 10.3. The number of rotatable bonds is 4. The first-order valence-electron chi connectivity index (χ1n) is 9.19. The summed E-state index contributed by atoms with van der Waals surface area (Å²) in [6.07, 6.45) is 4.58. The Morgan fingerprint density at radius 2 is 1.90 bits per heavy atom. The third-order valence-corrected chi connectivity index (χ3v) is 5.09. The molecular weight excluding hydrogens is 453 g/mol. The standard InChI is InChI=1S/C23H15Cl2N3O2S/c24-15-6-9-17(18(25)13-15)20-10-7-16(30-20)8-11-21(29)28-23(31)27-19-5-1-3-14-4-2-12-26-22(14)19/h1-13H,(H2,27,28,29,31). The highest BCUT2D eigenvalue weighted by molar-refractivity contribution is 7.80. The molecule has 0 saturated carbocycles. The molecule has 0 unspecified atom stereocenters. The quantitative estimate of drug-likeness (QED) is 0.271. The van der Waals surface area contributed by atoms with E-state index in [1.165, 1.54) is 6.08 Å². The Kier molecular flexibility index (Phi) is 6.32. The second kappa shape index (κ2) is 9.31. The van der Waals surface area contributed by atoms with E-state index < -0.39 is 5.91 Å². The largest absolute Gasteiger partial charge is 0.457 e. The van der Waals surface area contributed by atoms with Crippen LogP contribution in [0.25, 0.3) is 28.3 Å². The van der Waals surface area contributed by atoms with Crippen molar-refractivity contribution in [3.05, 3.63) is 88.7 Å². The second-order valence-electron chi connectivity index (χ2n) is 6.48. The number of carbonyl (C=O) groups is 1. The van der Waals surface area contributed by atoms with Crippen molar-refractivity contribution in [2.24, 2.45) is 0 Å². The van der Waals surface area contributed by atoms with Gasteiger partial charge in [0, 0.05) is 28.2 Å². The molecule has 4 rings (SSSR count). The number of fused-ring (bicyclic) bond motifs is 1. The highest BCUT2D eigenvalue weighted by Crippen LogP contribution is 2.31. The van der Waals surface area contributed by atoms with Gasteiger partial charge in [-0.3, -0.25) is 15.1 Å². The zero-order chi connectivity index (χ0) is 21.8. The van der Waals surface area contributed by atoms with Gasteiger partial charge in [0.25, 0.3) is 0 Å². The molecule has 0 bridgehead atoms. The highest BCUT2D eigenvalue weighted by atomic mass is 35.5. The molecule has 1 amide bonds. The number of amides is 1. The van der Waals surface area contributed by atoms with Crippen LogP contribution in [0.2, 0.25) is 10.0 Å². The van der Waals surface area contributed by atoms with Crippen LogP contribution in [-0.4, -0.2) is 16.0 Å². The zero-order valence-corrected chi connectivity index (χ0v) is 18.3. The molecule has 0 aliphatic heterocycles. The highest BCUT2D eigenvalue weighted by Gasteiger charge is 2.09. The van der Waals surface area contributed by atoms with Crippen molar-refractivity contribution in [1.29, 1.82) is 0 Å². The lowest BCUT2D eigenvalue weighted by Gasteiger charge is -2.10. The number of benzene rings is 2. The Morgan fingerprint density at radius 1 is 1.06 bits per heavy atom. The molecule has 154 valence electrons. The summed E-state index contributed by atoms with van der Waals surface area (Å²) in [6.45, 7) is 0. The fourth-order valence-electron chi connectivity index (χ4n) is 2.95. The van der Waals surface area contributed by atoms with Crippen molar-refractivity contribution in [2.75, 3.05) is 5.32 Å². The molecule has 5 nitrogen and oxygen atoms in total. The SMILES string of the molecule is O=C(C=Cc1ccc(-c2ccc(Cl)cc2Cl)o1)NC(=S)Nc1cccc2cccnc12. The number of para-hydroxylation sites is 1. The van der Waals surface area contributed by atoms with E-state index in [0.29, 0.717) is 32.8 Å². The summed E-state index contributed by atoms with van der Waals surface area (Å²) in [5.74, 6) is 0.670. The summed E-state index contributed by atoms with van der Waals surface area (Å²) in [5, 5.41) is 7.77. The van der Waals surface area contributed by atoms with Crippen molar-refractivity contribution in [2.45, 2.75) is 0 Å². The van der Waals surface area contributed by atoms with Gasteiger partial charge in [-0.15, -0.1) is 0 Å². The molecule has 4 aromatic rings. The van der Waals surface area contributed by atoms with Crippen molar-refractivity contribution in [1.82, 2.24) is 10.3 Å². The molecule has 0 atom stereocenters. The number of hydrogen-bond acceptors (Lipinski definition) is 4. The van der Waals surface area contributed by atoms with E-state index in [-0.39, 0.29) is 5.11 Å². The molecule has 2 aromatic heterocycles. The maximum atomic E-state index is 12.2. The Balaban J connectivity index is 1.39. The number of furan rings is 1. The average Bonchev–Trinajstić information content (AvgIpc) is 3.21. The predicted octanol–water partition coefficient (Wildman–Crippen LogP) is 6.33. The molecular formula is C23H15Cl2N3O2S. The van der Waals surface area contributed by atoms with Gasteiger partial charge in [0.2, 0.25) is 5.91 Å². The maximum absolute atomic E-state index is 12.2. The summed E-state index contributed by atoms with van der Waals surface area (Å²) in [5.41, 5.74) is 2.19. The smallest absolute Gasteiger partial charge is 0.250 e. The third kappa shape index (κ3) is 5.11. The van der Waals surface area contributed by atoms with E-state index in [1.54, 1.807) is 42.6 Å². The molecule has 0 fully saturated rings. The number of nitrogens with zero attached hydrogens (tertiary/aromatic N) is 1. The lowest BCUT2D eigenvalue weighted by molar-refractivity contribution is -0.115. The average molecular weight is 468 g/mol. The predicted molar refractivity (Wildman–Crippen MR) is 129 cm³/mol. The number of halogens is 2. The molecule has 0 aliphatic rings. The molecule has 2 N–H and O–H groups in total. The first kappa shape index (κ1) is 21.1. The van der Waals surface area contributed by atoms with Gasteiger partial charge < -0.3 is 9.73 Å². The minimum absolute atomic E-state index is 0.167. The van der Waals surface area contributed by atoms with Gasteiger partial charge in [0.05, 0.1) is 16.2 Å². The number of nitrogens with one attached hydrogen (secondary N) is 2. The van der Waals surface area contributed by atoms with Crippen LogP contribution in [0.15, 0.2) is 77.4 Å². The number of thiocarbonyl (C=S) groups is 1. The number of pyridine rings is 1. The van der Waals surface area contributed by atoms with Gasteiger partial charge in [-0.25, -0.2) is 0 Å². The Morgan fingerprint density at radius 3 is 2.74 bits per heavy atom. The van der Waals surface area contributed by atoms with Crippen LogP contribution in [0.1, 0.15) is 5.76 Å². The molecule has 0 radical (unpaired) electrons. The fraction of sp³-hybridized carbons (Fsp3) is 0. The number of hydrogen-bond donors (Lipinski definition) is 2. The Hall–Kier alpha value is -3.19. The van der Waals surface area contributed by atoms with E-state index in [9.17, 15) is 4.79 Å². The summed E-state index contributed by atoms with van der Waals surface area (Å²) in [7, 11) is 0. The van der Waals surface area contributed by atoms with Gasteiger partial charge in [0.15, 0.2) is 5.11 Å². The van der Waals surface area contributed by atoms with Crippen molar-refractivity contribution >= 4 is 69.1 Å². The minimum atomic E-state index is -0.395. The number of carbonyl (C=O) groups excluding carboxylic acids is 1. The summed E-state index contributed by atoms with van der Waals surface area (Å²) in [6, 6.07) is 18.1. The minimum Gasteiger partial charge on any atom is -0.457 e. The first-order chi connectivity index (χ1) is 15.0. The second-order valence-corrected chi connectivity index (χ2v) is 7.74. The van der Waals surface area contributed by atoms with Gasteiger partial charge >= 0.3 is 0 Å². The van der Waals surface area contributed by atoms with E-state index >= 15 is 0 Å². The lowest BCUT2D eigenvalue weighted by atomic mass is 10.2. The van der Waals surface area contributed by atoms with E-state index in [2.05, 4.69) is 15.6 Å². The van der Waals surface area contributed by atoms with E-state index in [1.807, 2.05) is 30.3 Å². The van der Waals surface area contributed by atoms with E-state index in [0.717, 1.165) is 10.9 Å². The Bertz CT molecular complexity index is 1310. The van der Waals surface area contributed by atoms with Crippen LogP contribution < -0.4 is 10.6 Å². The molecule has 0 saturated heterocycles. The zero-order valence-electron chi connectivity index (χ0n) is 15.9.